The van der Waals surface area contributed by atoms with Gasteiger partial charge < -0.3 is 15.2 Å². The van der Waals surface area contributed by atoms with Crippen LogP contribution in [0.15, 0.2) is 91.0 Å². The molecule has 0 saturated carbocycles. The van der Waals surface area contributed by atoms with Gasteiger partial charge in [-0.1, -0.05) is 72.8 Å². The van der Waals surface area contributed by atoms with Crippen LogP contribution in [0, 0.1) is 0 Å². The second-order valence-corrected chi connectivity index (χ2v) is 7.16. The van der Waals surface area contributed by atoms with E-state index in [0.29, 0.717) is 5.69 Å². The third-order valence-electron chi connectivity index (χ3n) is 5.01. The fourth-order valence-electron chi connectivity index (χ4n) is 3.37. The maximum absolute atomic E-state index is 12.7. The number of carbonyl (C=O) groups is 2. The number of amides is 1. The first-order chi connectivity index (χ1) is 15.0. The Hall–Kier alpha value is -4.12. The minimum absolute atomic E-state index is 0.0167. The molecular formula is C26H21NO4. The highest BCUT2D eigenvalue weighted by Crippen LogP contribution is 2.28. The first kappa shape index (κ1) is 20.2. The van der Waals surface area contributed by atoms with Gasteiger partial charge in [0.2, 0.25) is 0 Å². The normalized spacial score (nSPS) is 11.6. The van der Waals surface area contributed by atoms with Gasteiger partial charge in [-0.15, -0.1) is 0 Å². The van der Waals surface area contributed by atoms with Crippen LogP contribution < -0.4 is 5.32 Å². The van der Waals surface area contributed by atoms with Gasteiger partial charge in [0.25, 0.3) is 5.91 Å². The van der Waals surface area contributed by atoms with Gasteiger partial charge in [-0.05, 0) is 41.5 Å². The zero-order chi connectivity index (χ0) is 21.8. The molecule has 5 heteroatoms. The molecule has 0 aromatic heterocycles. The van der Waals surface area contributed by atoms with E-state index >= 15 is 0 Å². The van der Waals surface area contributed by atoms with E-state index in [1.807, 2.05) is 72.8 Å². The Balaban J connectivity index is 1.50. The number of anilines is 1. The number of hydrogen-bond donors (Lipinski definition) is 2. The lowest BCUT2D eigenvalue weighted by Gasteiger charge is -2.16. The molecule has 4 aromatic carbocycles. The highest BCUT2D eigenvalue weighted by atomic mass is 16.5. The lowest BCUT2D eigenvalue weighted by atomic mass is 10.0. The summed E-state index contributed by atoms with van der Waals surface area (Å²) in [6, 6.07) is 27.5. The van der Waals surface area contributed by atoms with Crippen molar-refractivity contribution in [2.24, 2.45) is 0 Å². The number of rotatable bonds is 5. The topological polar surface area (TPSA) is 75.6 Å². The number of phenols is 1. The Bertz CT molecular complexity index is 1250. The number of fused-ring (bicyclic) bond motifs is 1. The maximum atomic E-state index is 12.7. The molecule has 154 valence electrons. The van der Waals surface area contributed by atoms with E-state index in [0.717, 1.165) is 21.9 Å². The van der Waals surface area contributed by atoms with Gasteiger partial charge in [0.15, 0.2) is 6.10 Å². The second-order valence-electron chi connectivity index (χ2n) is 7.16. The van der Waals surface area contributed by atoms with Crippen molar-refractivity contribution in [1.82, 2.24) is 0 Å². The zero-order valence-electron chi connectivity index (χ0n) is 16.9. The molecule has 0 unspecified atom stereocenters. The molecule has 0 radical (unpaired) electrons. The van der Waals surface area contributed by atoms with E-state index in [9.17, 15) is 14.7 Å². The lowest BCUT2D eigenvalue weighted by molar-refractivity contribution is -0.123. The van der Waals surface area contributed by atoms with Crippen LogP contribution in [0.5, 0.6) is 5.75 Å². The summed E-state index contributed by atoms with van der Waals surface area (Å²) in [7, 11) is 0. The molecule has 4 rings (SSSR count). The number of para-hydroxylation sites is 1. The molecule has 2 N–H and O–H groups in total. The summed E-state index contributed by atoms with van der Waals surface area (Å²) in [5.74, 6) is -1.41. The first-order valence-corrected chi connectivity index (χ1v) is 9.91. The fourth-order valence-corrected chi connectivity index (χ4v) is 3.37. The summed E-state index contributed by atoms with van der Waals surface area (Å²) in [4.78, 5) is 25.3. The average Bonchev–Trinajstić information content (AvgIpc) is 2.79. The minimum Gasteiger partial charge on any atom is -0.507 e. The van der Waals surface area contributed by atoms with E-state index in [1.165, 1.54) is 13.0 Å². The van der Waals surface area contributed by atoms with Crippen molar-refractivity contribution < 1.29 is 19.4 Å². The third kappa shape index (κ3) is 4.41. The van der Waals surface area contributed by atoms with Crippen LogP contribution in [0.1, 0.15) is 17.3 Å². The molecule has 0 aliphatic heterocycles. The monoisotopic (exact) mass is 411 g/mol. The second kappa shape index (κ2) is 8.71. The van der Waals surface area contributed by atoms with Gasteiger partial charge in [-0.3, -0.25) is 4.79 Å². The summed E-state index contributed by atoms with van der Waals surface area (Å²) in [5.41, 5.74) is 2.46. The summed E-state index contributed by atoms with van der Waals surface area (Å²) < 4.78 is 5.33. The van der Waals surface area contributed by atoms with Crippen LogP contribution in [0.25, 0.3) is 21.9 Å². The van der Waals surface area contributed by atoms with Crippen LogP contribution in [-0.4, -0.2) is 23.1 Å². The molecule has 0 heterocycles. The van der Waals surface area contributed by atoms with Crippen molar-refractivity contribution in [1.29, 1.82) is 0 Å². The Kier molecular flexibility index (Phi) is 5.67. The molecule has 0 aliphatic rings. The number of carbonyl (C=O) groups excluding carboxylic acids is 2. The van der Waals surface area contributed by atoms with Gasteiger partial charge in [0, 0.05) is 11.3 Å². The van der Waals surface area contributed by atoms with E-state index < -0.39 is 18.0 Å². The summed E-state index contributed by atoms with van der Waals surface area (Å²) in [5, 5.41) is 14.7. The minimum atomic E-state index is -1.05. The molecule has 0 fully saturated rings. The van der Waals surface area contributed by atoms with Gasteiger partial charge in [0.1, 0.15) is 11.3 Å². The average molecular weight is 411 g/mol. The van der Waals surface area contributed by atoms with Crippen LogP contribution in [0.4, 0.5) is 5.69 Å². The molecule has 4 aromatic rings. The number of hydrogen-bond acceptors (Lipinski definition) is 4. The van der Waals surface area contributed by atoms with Crippen LogP contribution in [-0.2, 0) is 9.53 Å². The van der Waals surface area contributed by atoms with Crippen molar-refractivity contribution in [3.63, 3.8) is 0 Å². The Labute approximate surface area is 179 Å². The predicted molar refractivity (Wildman–Crippen MR) is 121 cm³/mol. The highest BCUT2D eigenvalue weighted by molar-refractivity contribution is 6.02. The Morgan fingerprint density at radius 2 is 1.45 bits per heavy atom. The standard InChI is InChI=1S/C26H21NO4/c1-17(31-26(30)22-15-19-11-5-6-12-20(19)16-24(22)28)25(29)27-23-14-8-7-13-21(23)18-9-3-2-4-10-18/h2-17,28H,1H3,(H,27,29)/t17-/m0/s1. The molecule has 1 amide bonds. The Morgan fingerprint density at radius 3 is 2.19 bits per heavy atom. The third-order valence-corrected chi connectivity index (χ3v) is 5.01. The molecule has 0 spiro atoms. The lowest BCUT2D eigenvalue weighted by Crippen LogP contribution is -2.30. The van der Waals surface area contributed by atoms with Gasteiger partial charge >= 0.3 is 5.97 Å². The molecule has 1 atom stereocenters. The molecule has 31 heavy (non-hydrogen) atoms. The number of benzene rings is 4. The quantitative estimate of drug-likeness (QED) is 0.431. The first-order valence-electron chi connectivity index (χ1n) is 9.91. The van der Waals surface area contributed by atoms with E-state index in [2.05, 4.69) is 5.32 Å². The highest BCUT2D eigenvalue weighted by Gasteiger charge is 2.22. The molecule has 5 nitrogen and oxygen atoms in total. The van der Waals surface area contributed by atoms with E-state index in [-0.39, 0.29) is 11.3 Å². The number of phenolic OH excluding ortho intramolecular Hbond substituents is 1. The smallest absolute Gasteiger partial charge is 0.342 e. The number of nitrogens with one attached hydrogen (secondary N) is 1. The molecule has 0 bridgehead atoms. The van der Waals surface area contributed by atoms with Gasteiger partial charge in [-0.25, -0.2) is 4.79 Å². The number of aromatic hydroxyl groups is 1. The van der Waals surface area contributed by atoms with Gasteiger partial charge in [0.05, 0.1) is 0 Å². The maximum Gasteiger partial charge on any atom is 0.342 e. The number of esters is 1. The van der Waals surface area contributed by atoms with Crippen molar-refractivity contribution >= 4 is 28.3 Å². The van der Waals surface area contributed by atoms with E-state index in [1.54, 1.807) is 12.1 Å². The van der Waals surface area contributed by atoms with Crippen LogP contribution >= 0.6 is 0 Å². The summed E-state index contributed by atoms with van der Waals surface area (Å²) in [6.45, 7) is 1.50. The molecular weight excluding hydrogens is 390 g/mol. The van der Waals surface area contributed by atoms with Crippen LogP contribution in [0.3, 0.4) is 0 Å². The van der Waals surface area contributed by atoms with Crippen molar-refractivity contribution in [3.8, 4) is 16.9 Å². The van der Waals surface area contributed by atoms with Crippen molar-refractivity contribution in [2.45, 2.75) is 13.0 Å². The van der Waals surface area contributed by atoms with Crippen molar-refractivity contribution in [2.75, 3.05) is 5.32 Å². The summed E-state index contributed by atoms with van der Waals surface area (Å²) in [6.07, 6.45) is -1.05. The predicted octanol–water partition coefficient (Wildman–Crippen LogP) is 5.40. The largest absolute Gasteiger partial charge is 0.507 e. The zero-order valence-corrected chi connectivity index (χ0v) is 16.9. The molecule has 0 saturated heterocycles. The summed E-state index contributed by atoms with van der Waals surface area (Å²) >= 11 is 0. The van der Waals surface area contributed by atoms with Crippen molar-refractivity contribution in [3.05, 3.63) is 96.6 Å². The van der Waals surface area contributed by atoms with Gasteiger partial charge in [-0.2, -0.15) is 0 Å². The van der Waals surface area contributed by atoms with Crippen LogP contribution in [0.2, 0.25) is 0 Å². The Morgan fingerprint density at radius 1 is 0.839 bits per heavy atom. The SMILES string of the molecule is C[C@H](OC(=O)c1cc2ccccc2cc1O)C(=O)Nc1ccccc1-c1ccccc1. The fraction of sp³-hybridized carbons (Fsp3) is 0.0769. The van der Waals surface area contributed by atoms with E-state index in [4.69, 9.17) is 4.74 Å². The number of ether oxygens (including phenoxy) is 1. The molecule has 0 aliphatic carbocycles.